The summed E-state index contributed by atoms with van der Waals surface area (Å²) in [6.07, 6.45) is 4.71. The van der Waals surface area contributed by atoms with Crippen LogP contribution in [0.5, 0.6) is 0 Å². The first kappa shape index (κ1) is 16.1. The molecule has 23 heavy (non-hydrogen) atoms. The van der Waals surface area contributed by atoms with Crippen LogP contribution in [0.4, 0.5) is 0 Å². The van der Waals surface area contributed by atoms with Crippen molar-refractivity contribution >= 4 is 0 Å². The van der Waals surface area contributed by atoms with E-state index >= 15 is 0 Å². The van der Waals surface area contributed by atoms with E-state index in [0.717, 1.165) is 31.3 Å². The SMILES string of the molecule is C[C@]12CC[C@H]3[C@@H]([C@@H](O)C=C4C[C@H](O)[C@H](O)C[C@@]43C)[C@@H]1CC[C@@H]2O. The predicted octanol–water partition coefficient (Wildman–Crippen LogP) is 1.61. The first-order valence-corrected chi connectivity index (χ1v) is 9.21. The monoisotopic (exact) mass is 322 g/mol. The van der Waals surface area contributed by atoms with E-state index in [0.29, 0.717) is 24.7 Å². The Morgan fingerprint density at radius 2 is 1.70 bits per heavy atom. The fraction of sp³-hybridized carbons (Fsp3) is 0.895. The lowest BCUT2D eigenvalue weighted by atomic mass is 9.47. The number of hydrogen-bond donors (Lipinski definition) is 4. The van der Waals surface area contributed by atoms with E-state index in [2.05, 4.69) is 13.8 Å². The van der Waals surface area contributed by atoms with Gasteiger partial charge in [0.05, 0.1) is 24.4 Å². The molecule has 4 nitrogen and oxygen atoms in total. The average Bonchev–Trinajstić information content (AvgIpc) is 2.78. The van der Waals surface area contributed by atoms with Gasteiger partial charge in [-0.15, -0.1) is 0 Å². The zero-order chi connectivity index (χ0) is 16.6. The van der Waals surface area contributed by atoms with Crippen molar-refractivity contribution in [3.63, 3.8) is 0 Å². The van der Waals surface area contributed by atoms with E-state index in [1.54, 1.807) is 0 Å². The summed E-state index contributed by atoms with van der Waals surface area (Å²) in [5, 5.41) is 41.6. The Hall–Kier alpha value is -0.420. The summed E-state index contributed by atoms with van der Waals surface area (Å²) in [7, 11) is 0. The van der Waals surface area contributed by atoms with Gasteiger partial charge in [-0.3, -0.25) is 0 Å². The van der Waals surface area contributed by atoms with Crippen molar-refractivity contribution in [1.82, 2.24) is 0 Å². The highest BCUT2D eigenvalue weighted by atomic mass is 16.3. The first-order chi connectivity index (χ1) is 10.8. The van der Waals surface area contributed by atoms with Gasteiger partial charge in [0.2, 0.25) is 0 Å². The van der Waals surface area contributed by atoms with Crippen LogP contribution in [0.25, 0.3) is 0 Å². The molecule has 0 aromatic carbocycles. The van der Waals surface area contributed by atoms with E-state index < -0.39 is 18.3 Å². The fourth-order valence-electron chi connectivity index (χ4n) is 6.65. The van der Waals surface area contributed by atoms with Crippen LogP contribution in [-0.4, -0.2) is 44.8 Å². The molecule has 0 aromatic rings. The third-order valence-electron chi connectivity index (χ3n) is 8.11. The summed E-state index contributed by atoms with van der Waals surface area (Å²) in [6.45, 7) is 4.41. The van der Waals surface area contributed by atoms with Gasteiger partial charge in [-0.1, -0.05) is 25.5 Å². The van der Waals surface area contributed by atoms with Gasteiger partial charge in [0.15, 0.2) is 0 Å². The Balaban J connectivity index is 1.74. The molecule has 130 valence electrons. The van der Waals surface area contributed by atoms with Crippen molar-refractivity contribution in [2.45, 2.75) is 76.8 Å². The second kappa shape index (κ2) is 5.04. The Labute approximate surface area is 138 Å². The van der Waals surface area contributed by atoms with Crippen LogP contribution < -0.4 is 0 Å². The zero-order valence-electron chi connectivity index (χ0n) is 14.2. The Morgan fingerprint density at radius 1 is 0.957 bits per heavy atom. The Kier molecular flexibility index (Phi) is 3.52. The molecule has 0 aliphatic heterocycles. The summed E-state index contributed by atoms with van der Waals surface area (Å²) in [5.74, 6) is 0.856. The number of aliphatic hydroxyl groups excluding tert-OH is 4. The summed E-state index contributed by atoms with van der Waals surface area (Å²) in [4.78, 5) is 0. The van der Waals surface area contributed by atoms with Crippen molar-refractivity contribution in [3.05, 3.63) is 11.6 Å². The highest BCUT2D eigenvalue weighted by molar-refractivity contribution is 5.28. The lowest BCUT2D eigenvalue weighted by Gasteiger charge is -2.59. The van der Waals surface area contributed by atoms with Crippen LogP contribution in [0.2, 0.25) is 0 Å². The van der Waals surface area contributed by atoms with E-state index in [1.165, 1.54) is 0 Å². The maximum atomic E-state index is 10.9. The van der Waals surface area contributed by atoms with Gasteiger partial charge in [0, 0.05) is 0 Å². The Morgan fingerprint density at radius 3 is 2.43 bits per heavy atom. The van der Waals surface area contributed by atoms with Crippen LogP contribution in [-0.2, 0) is 0 Å². The van der Waals surface area contributed by atoms with Gasteiger partial charge in [-0.05, 0) is 67.1 Å². The molecule has 0 saturated heterocycles. The molecule has 4 aliphatic rings. The van der Waals surface area contributed by atoms with Gasteiger partial charge in [-0.25, -0.2) is 0 Å². The summed E-state index contributed by atoms with van der Waals surface area (Å²) in [5.41, 5.74) is 0.930. The van der Waals surface area contributed by atoms with Gasteiger partial charge in [-0.2, -0.15) is 0 Å². The third kappa shape index (κ3) is 2.05. The molecule has 4 rings (SSSR count). The quantitative estimate of drug-likeness (QED) is 0.511. The molecule has 4 heteroatoms. The largest absolute Gasteiger partial charge is 0.393 e. The third-order valence-corrected chi connectivity index (χ3v) is 8.11. The topological polar surface area (TPSA) is 80.9 Å². The van der Waals surface area contributed by atoms with Crippen molar-refractivity contribution in [1.29, 1.82) is 0 Å². The van der Waals surface area contributed by atoms with Gasteiger partial charge >= 0.3 is 0 Å². The van der Waals surface area contributed by atoms with Crippen molar-refractivity contribution < 1.29 is 20.4 Å². The normalized spacial score (nSPS) is 58.9. The first-order valence-electron chi connectivity index (χ1n) is 9.21. The molecule has 4 N–H and O–H groups in total. The molecule has 3 fully saturated rings. The number of aliphatic hydroxyl groups is 4. The number of hydrogen-bond acceptors (Lipinski definition) is 4. The number of fused-ring (bicyclic) bond motifs is 5. The van der Waals surface area contributed by atoms with Crippen LogP contribution in [0, 0.1) is 28.6 Å². The molecule has 0 aromatic heterocycles. The highest BCUT2D eigenvalue weighted by Crippen LogP contribution is 2.64. The molecule has 9 atom stereocenters. The molecule has 4 aliphatic carbocycles. The molecule has 0 unspecified atom stereocenters. The number of rotatable bonds is 0. The molecule has 3 saturated carbocycles. The minimum atomic E-state index is -0.708. The minimum absolute atomic E-state index is 0.0728. The minimum Gasteiger partial charge on any atom is -0.393 e. The molecule has 0 heterocycles. The summed E-state index contributed by atoms with van der Waals surface area (Å²) < 4.78 is 0. The lowest BCUT2D eigenvalue weighted by molar-refractivity contribution is -0.122. The Bertz CT molecular complexity index is 531. The fourth-order valence-corrected chi connectivity index (χ4v) is 6.65. The molecular weight excluding hydrogens is 292 g/mol. The van der Waals surface area contributed by atoms with Crippen molar-refractivity contribution in [3.8, 4) is 0 Å². The smallest absolute Gasteiger partial charge is 0.0836 e. The van der Waals surface area contributed by atoms with Crippen LogP contribution in [0.15, 0.2) is 11.6 Å². The second-order valence-electron chi connectivity index (χ2n) is 9.07. The summed E-state index contributed by atoms with van der Waals surface area (Å²) >= 11 is 0. The van der Waals surface area contributed by atoms with Crippen LogP contribution in [0.3, 0.4) is 0 Å². The predicted molar refractivity (Wildman–Crippen MR) is 86.5 cm³/mol. The maximum Gasteiger partial charge on any atom is 0.0836 e. The van der Waals surface area contributed by atoms with E-state index in [4.69, 9.17) is 0 Å². The maximum absolute atomic E-state index is 10.9. The van der Waals surface area contributed by atoms with Crippen molar-refractivity contribution in [2.75, 3.05) is 0 Å². The van der Waals surface area contributed by atoms with Crippen molar-refractivity contribution in [2.24, 2.45) is 28.6 Å². The lowest BCUT2D eigenvalue weighted by Crippen LogP contribution is -2.56. The molecular formula is C19H30O4. The average molecular weight is 322 g/mol. The van der Waals surface area contributed by atoms with Gasteiger partial charge < -0.3 is 20.4 Å². The van der Waals surface area contributed by atoms with Gasteiger partial charge in [0.25, 0.3) is 0 Å². The molecule has 0 amide bonds. The second-order valence-corrected chi connectivity index (χ2v) is 9.07. The van der Waals surface area contributed by atoms with E-state index in [1.807, 2.05) is 6.08 Å². The van der Waals surface area contributed by atoms with E-state index in [9.17, 15) is 20.4 Å². The summed E-state index contributed by atoms with van der Waals surface area (Å²) in [6, 6.07) is 0. The molecule has 0 spiro atoms. The standard InChI is InChI=1S/C19H30O4/c1-18-6-5-12-17(11(18)3-4-16(18)23)14(21)8-10-7-13(20)15(22)9-19(10,12)2/h8,11-17,20-23H,3-7,9H2,1-2H3/t11-,12-,13-,14-,15+,16-,17-,18-,19-/m0/s1. The van der Waals surface area contributed by atoms with Crippen LogP contribution in [0.1, 0.15) is 52.4 Å². The zero-order valence-corrected chi connectivity index (χ0v) is 14.2. The molecule has 0 radical (unpaired) electrons. The highest BCUT2D eigenvalue weighted by Gasteiger charge is 2.61. The molecule has 0 bridgehead atoms. The van der Waals surface area contributed by atoms with Gasteiger partial charge in [0.1, 0.15) is 0 Å². The van der Waals surface area contributed by atoms with Crippen LogP contribution >= 0.6 is 0 Å². The van der Waals surface area contributed by atoms with E-state index in [-0.39, 0.29) is 22.9 Å².